The zero-order valence-electron chi connectivity index (χ0n) is 10.2. The van der Waals surface area contributed by atoms with Crippen molar-refractivity contribution in [2.45, 2.75) is 26.5 Å². The van der Waals surface area contributed by atoms with Crippen LogP contribution >= 0.6 is 11.6 Å². The summed E-state index contributed by atoms with van der Waals surface area (Å²) in [4.78, 5) is 4.11. The first kappa shape index (κ1) is 12.9. The molecule has 0 fully saturated rings. The van der Waals surface area contributed by atoms with Gasteiger partial charge in [-0.15, -0.1) is 0 Å². The Morgan fingerprint density at radius 2 is 2.28 bits per heavy atom. The number of halogens is 1. The van der Waals surface area contributed by atoms with Gasteiger partial charge in [0.25, 0.3) is 0 Å². The lowest BCUT2D eigenvalue weighted by atomic mass is 10.2. The molecule has 0 amide bonds. The number of nitrogens with two attached hydrogens (primary N) is 1. The van der Waals surface area contributed by atoms with Gasteiger partial charge in [0, 0.05) is 0 Å². The fourth-order valence-electron chi connectivity index (χ4n) is 1.37. The second-order valence-electron chi connectivity index (χ2n) is 4.06. The summed E-state index contributed by atoms with van der Waals surface area (Å²) in [5.41, 5.74) is 6.69. The van der Waals surface area contributed by atoms with Crippen molar-refractivity contribution in [2.24, 2.45) is 5.73 Å². The van der Waals surface area contributed by atoms with E-state index >= 15 is 0 Å². The number of hydrogen-bond donors (Lipinski definition) is 1. The molecule has 5 nitrogen and oxygen atoms in total. The van der Waals surface area contributed by atoms with Crippen LogP contribution in [0, 0.1) is 6.92 Å². The van der Waals surface area contributed by atoms with Crippen molar-refractivity contribution in [3.8, 4) is 5.75 Å². The summed E-state index contributed by atoms with van der Waals surface area (Å²) >= 11 is 6.01. The molecule has 18 heavy (non-hydrogen) atoms. The Kier molecular flexibility index (Phi) is 3.84. The predicted molar refractivity (Wildman–Crippen MR) is 67.4 cm³/mol. The second kappa shape index (κ2) is 5.37. The third-order valence-electron chi connectivity index (χ3n) is 2.32. The number of aryl methyl sites for hydroxylation is 1. The van der Waals surface area contributed by atoms with Crippen molar-refractivity contribution in [1.29, 1.82) is 0 Å². The number of rotatable bonds is 4. The van der Waals surface area contributed by atoms with Crippen LogP contribution in [0.2, 0.25) is 5.02 Å². The molecule has 1 unspecified atom stereocenters. The molecule has 0 aliphatic carbocycles. The van der Waals surface area contributed by atoms with Crippen molar-refractivity contribution in [3.05, 3.63) is 40.5 Å². The average Bonchev–Trinajstić information content (AvgIpc) is 2.79. The van der Waals surface area contributed by atoms with E-state index in [1.165, 1.54) is 0 Å². The Morgan fingerprint density at radius 3 is 2.94 bits per heavy atom. The largest absolute Gasteiger partial charge is 0.484 e. The van der Waals surface area contributed by atoms with Crippen LogP contribution in [0.5, 0.6) is 5.75 Å². The van der Waals surface area contributed by atoms with Gasteiger partial charge in [-0.05, 0) is 31.5 Å². The van der Waals surface area contributed by atoms with Crippen LogP contribution in [-0.2, 0) is 6.61 Å². The van der Waals surface area contributed by atoms with E-state index in [-0.39, 0.29) is 12.6 Å². The monoisotopic (exact) mass is 267 g/mol. The third kappa shape index (κ3) is 3.00. The smallest absolute Gasteiger partial charge is 0.243 e. The minimum atomic E-state index is -0.284. The van der Waals surface area contributed by atoms with Crippen LogP contribution < -0.4 is 10.5 Å². The summed E-state index contributed by atoms with van der Waals surface area (Å²) < 4.78 is 10.5. The Morgan fingerprint density at radius 1 is 1.50 bits per heavy atom. The summed E-state index contributed by atoms with van der Waals surface area (Å²) in [5.74, 6) is 1.44. The van der Waals surface area contributed by atoms with E-state index in [1.54, 1.807) is 13.0 Å². The van der Waals surface area contributed by atoms with E-state index in [1.807, 2.05) is 19.1 Å². The number of ether oxygens (including phenoxy) is 1. The lowest BCUT2D eigenvalue weighted by molar-refractivity contribution is 0.284. The molecule has 96 valence electrons. The SMILES string of the molecule is Cc1ccc(Cl)c(OCc2noc(C(C)N)n2)c1. The van der Waals surface area contributed by atoms with Crippen molar-refractivity contribution in [1.82, 2.24) is 10.1 Å². The van der Waals surface area contributed by atoms with E-state index in [0.717, 1.165) is 5.56 Å². The molecule has 2 rings (SSSR count). The van der Waals surface area contributed by atoms with Gasteiger partial charge in [0.05, 0.1) is 11.1 Å². The first-order valence-electron chi connectivity index (χ1n) is 5.53. The van der Waals surface area contributed by atoms with Crippen molar-refractivity contribution in [2.75, 3.05) is 0 Å². The van der Waals surface area contributed by atoms with Gasteiger partial charge < -0.3 is 15.0 Å². The summed E-state index contributed by atoms with van der Waals surface area (Å²) in [6.07, 6.45) is 0. The topological polar surface area (TPSA) is 74.2 Å². The molecule has 1 atom stereocenters. The summed E-state index contributed by atoms with van der Waals surface area (Å²) in [5, 5.41) is 4.32. The molecule has 1 heterocycles. The first-order chi connectivity index (χ1) is 8.56. The van der Waals surface area contributed by atoms with E-state index in [0.29, 0.717) is 22.5 Å². The van der Waals surface area contributed by atoms with Gasteiger partial charge in [-0.25, -0.2) is 0 Å². The van der Waals surface area contributed by atoms with E-state index in [2.05, 4.69) is 10.1 Å². The normalized spacial score (nSPS) is 12.4. The van der Waals surface area contributed by atoms with Crippen LogP contribution in [0.1, 0.15) is 30.2 Å². The highest BCUT2D eigenvalue weighted by Crippen LogP contribution is 2.25. The molecular weight excluding hydrogens is 254 g/mol. The molecule has 6 heteroatoms. The van der Waals surface area contributed by atoms with Gasteiger partial charge in [-0.1, -0.05) is 22.8 Å². The van der Waals surface area contributed by atoms with Crippen LogP contribution in [0.4, 0.5) is 0 Å². The Bertz CT molecular complexity index is 540. The fraction of sp³-hybridized carbons (Fsp3) is 0.333. The molecule has 0 bridgehead atoms. The molecule has 2 N–H and O–H groups in total. The van der Waals surface area contributed by atoms with Gasteiger partial charge in [0.2, 0.25) is 11.7 Å². The first-order valence-corrected chi connectivity index (χ1v) is 5.91. The Balaban J connectivity index is 2.04. The van der Waals surface area contributed by atoms with Gasteiger partial charge in [0.15, 0.2) is 6.61 Å². The molecule has 1 aromatic carbocycles. The number of nitrogens with zero attached hydrogens (tertiary/aromatic N) is 2. The Hall–Kier alpha value is -1.59. The molecule has 0 saturated carbocycles. The number of aromatic nitrogens is 2. The lowest BCUT2D eigenvalue weighted by Gasteiger charge is -2.06. The number of benzene rings is 1. The van der Waals surface area contributed by atoms with Crippen molar-refractivity contribution < 1.29 is 9.26 Å². The maximum absolute atomic E-state index is 6.01. The predicted octanol–water partition coefficient (Wildman–Crippen LogP) is 2.63. The summed E-state index contributed by atoms with van der Waals surface area (Å²) in [6, 6.07) is 5.27. The zero-order chi connectivity index (χ0) is 13.1. The fourth-order valence-corrected chi connectivity index (χ4v) is 1.55. The van der Waals surface area contributed by atoms with Gasteiger partial charge in [0.1, 0.15) is 5.75 Å². The van der Waals surface area contributed by atoms with Gasteiger partial charge in [-0.3, -0.25) is 0 Å². The van der Waals surface area contributed by atoms with Crippen LogP contribution in [0.3, 0.4) is 0 Å². The summed E-state index contributed by atoms with van der Waals surface area (Å²) in [6.45, 7) is 3.93. The highest BCUT2D eigenvalue weighted by Gasteiger charge is 2.11. The Labute approximate surface area is 110 Å². The third-order valence-corrected chi connectivity index (χ3v) is 2.63. The maximum atomic E-state index is 6.01. The number of hydrogen-bond acceptors (Lipinski definition) is 5. The summed E-state index contributed by atoms with van der Waals surface area (Å²) in [7, 11) is 0. The molecule has 1 aromatic heterocycles. The van der Waals surface area contributed by atoms with E-state index < -0.39 is 0 Å². The molecule has 0 spiro atoms. The molecule has 2 aromatic rings. The molecule has 0 saturated heterocycles. The van der Waals surface area contributed by atoms with Crippen molar-refractivity contribution >= 4 is 11.6 Å². The van der Waals surface area contributed by atoms with Gasteiger partial charge >= 0.3 is 0 Å². The molecular formula is C12H14ClN3O2. The second-order valence-corrected chi connectivity index (χ2v) is 4.47. The van der Waals surface area contributed by atoms with Crippen LogP contribution in [-0.4, -0.2) is 10.1 Å². The van der Waals surface area contributed by atoms with Crippen LogP contribution in [0.25, 0.3) is 0 Å². The standard InChI is InChI=1S/C12H14ClN3O2/c1-7-3-4-9(13)10(5-7)17-6-11-15-12(8(2)14)18-16-11/h3-5,8H,6,14H2,1-2H3. The quantitative estimate of drug-likeness (QED) is 0.922. The highest BCUT2D eigenvalue weighted by molar-refractivity contribution is 6.32. The van der Waals surface area contributed by atoms with E-state index in [4.69, 9.17) is 26.6 Å². The highest BCUT2D eigenvalue weighted by atomic mass is 35.5. The van der Waals surface area contributed by atoms with Gasteiger partial charge in [-0.2, -0.15) is 4.98 Å². The van der Waals surface area contributed by atoms with Crippen molar-refractivity contribution in [3.63, 3.8) is 0 Å². The lowest BCUT2D eigenvalue weighted by Crippen LogP contribution is -2.05. The minimum absolute atomic E-state index is 0.194. The average molecular weight is 268 g/mol. The molecule has 0 aliphatic rings. The van der Waals surface area contributed by atoms with Crippen LogP contribution in [0.15, 0.2) is 22.7 Å². The van der Waals surface area contributed by atoms with E-state index in [9.17, 15) is 0 Å². The molecule has 0 aliphatic heterocycles. The molecule has 0 radical (unpaired) electrons. The maximum Gasteiger partial charge on any atom is 0.243 e. The minimum Gasteiger partial charge on any atom is -0.484 e. The zero-order valence-corrected chi connectivity index (χ0v) is 10.9.